The van der Waals surface area contributed by atoms with Crippen LogP contribution < -0.4 is 15.4 Å². The highest BCUT2D eigenvalue weighted by Gasteiger charge is 2.39. The molecular weight excluding hydrogens is 358 g/mol. The minimum absolute atomic E-state index is 0.0233. The predicted molar refractivity (Wildman–Crippen MR) is 103 cm³/mol. The Morgan fingerprint density at radius 2 is 1.96 bits per heavy atom. The van der Waals surface area contributed by atoms with E-state index in [4.69, 9.17) is 20.6 Å². The normalized spacial score (nSPS) is 17.2. The van der Waals surface area contributed by atoms with Crippen molar-refractivity contribution in [2.75, 3.05) is 11.4 Å². The lowest BCUT2D eigenvalue weighted by Crippen LogP contribution is -2.32. The number of nitrogens with zero attached hydrogens (tertiary/aromatic N) is 3. The van der Waals surface area contributed by atoms with Gasteiger partial charge in [-0.3, -0.25) is 14.9 Å². The summed E-state index contributed by atoms with van der Waals surface area (Å²) < 4.78 is 13.5. The van der Waals surface area contributed by atoms with Crippen LogP contribution in [0.5, 0.6) is 5.75 Å². The van der Waals surface area contributed by atoms with Gasteiger partial charge in [-0.2, -0.15) is 0 Å². The number of carbonyl (C=O) groups is 1. The molecule has 2 heterocycles. The van der Waals surface area contributed by atoms with E-state index >= 15 is 0 Å². The topological polar surface area (TPSA) is 106 Å². The molecule has 4 rings (SSSR count). The second-order valence-corrected chi connectivity index (χ2v) is 6.32. The summed E-state index contributed by atoms with van der Waals surface area (Å²) in [6, 6.07) is 16.2. The van der Waals surface area contributed by atoms with Gasteiger partial charge in [-0.1, -0.05) is 18.2 Å². The zero-order chi connectivity index (χ0) is 19.5. The molecule has 142 valence electrons. The molecule has 1 saturated heterocycles. The predicted octanol–water partition coefficient (Wildman–Crippen LogP) is 2.77. The third-order valence-electron chi connectivity index (χ3n) is 4.46. The van der Waals surface area contributed by atoms with Crippen molar-refractivity contribution in [2.45, 2.75) is 12.3 Å². The number of benzene rings is 2. The summed E-state index contributed by atoms with van der Waals surface area (Å²) in [6.07, 6.45) is 3.50. The van der Waals surface area contributed by atoms with E-state index in [9.17, 15) is 4.79 Å². The van der Waals surface area contributed by atoms with Gasteiger partial charge in [-0.15, -0.1) is 0 Å². The number of ether oxygens (including phenoxy) is 2. The Morgan fingerprint density at radius 3 is 2.61 bits per heavy atom. The van der Waals surface area contributed by atoms with Crippen molar-refractivity contribution in [3.05, 3.63) is 78.9 Å². The van der Waals surface area contributed by atoms with Crippen molar-refractivity contribution in [2.24, 2.45) is 5.73 Å². The summed E-state index contributed by atoms with van der Waals surface area (Å²) in [5.74, 6) is 0.645. The fourth-order valence-electron chi connectivity index (χ4n) is 3.05. The first-order chi connectivity index (χ1) is 13.6. The van der Waals surface area contributed by atoms with Crippen LogP contribution in [0.4, 0.5) is 10.5 Å². The molecule has 0 spiro atoms. The van der Waals surface area contributed by atoms with E-state index in [0.717, 1.165) is 0 Å². The minimum Gasteiger partial charge on any atom is -0.466 e. The maximum absolute atomic E-state index is 12.5. The van der Waals surface area contributed by atoms with E-state index in [-0.39, 0.29) is 5.84 Å². The Balaban J connectivity index is 1.56. The number of para-hydroxylation sites is 1. The van der Waals surface area contributed by atoms with Crippen LogP contribution in [0, 0.1) is 5.41 Å². The van der Waals surface area contributed by atoms with Crippen molar-refractivity contribution >= 4 is 17.6 Å². The van der Waals surface area contributed by atoms with Crippen LogP contribution in [0.25, 0.3) is 0 Å². The number of rotatable bonds is 6. The van der Waals surface area contributed by atoms with Crippen LogP contribution in [0.15, 0.2) is 73.3 Å². The van der Waals surface area contributed by atoms with Crippen molar-refractivity contribution in [3.63, 3.8) is 0 Å². The standard InChI is InChI=1S/C20H19N5O3/c21-18(22)14-6-8-15(9-7-14)25-12-17(28-20(25)26)19(24-11-10-23-13-24)27-16-4-2-1-3-5-16/h1-11,13,17,19H,12H2,(H3,21,22). The molecule has 3 aromatic rings. The number of imidazole rings is 1. The van der Waals surface area contributed by atoms with E-state index in [1.54, 1.807) is 47.6 Å². The summed E-state index contributed by atoms with van der Waals surface area (Å²) in [5, 5.41) is 7.48. The Bertz CT molecular complexity index is 957. The molecule has 8 heteroatoms. The lowest BCUT2D eigenvalue weighted by atomic mass is 10.2. The van der Waals surface area contributed by atoms with E-state index < -0.39 is 18.4 Å². The molecule has 1 fully saturated rings. The number of anilines is 1. The minimum atomic E-state index is -0.560. The number of hydrogen-bond acceptors (Lipinski definition) is 5. The molecule has 1 aromatic heterocycles. The van der Waals surface area contributed by atoms with Gasteiger partial charge in [0, 0.05) is 23.6 Å². The number of aromatic nitrogens is 2. The number of amides is 1. The Hall–Kier alpha value is -3.81. The maximum atomic E-state index is 12.5. The highest BCUT2D eigenvalue weighted by molar-refractivity contribution is 5.96. The van der Waals surface area contributed by atoms with Crippen LogP contribution in [-0.4, -0.2) is 34.1 Å². The molecule has 28 heavy (non-hydrogen) atoms. The molecule has 2 unspecified atom stereocenters. The first kappa shape index (κ1) is 17.6. The van der Waals surface area contributed by atoms with Crippen LogP contribution in [0.3, 0.4) is 0 Å². The van der Waals surface area contributed by atoms with Gasteiger partial charge in [0.15, 0.2) is 6.10 Å². The number of nitrogens with two attached hydrogens (primary N) is 1. The van der Waals surface area contributed by atoms with Gasteiger partial charge in [0.2, 0.25) is 6.23 Å². The number of nitrogen functional groups attached to an aromatic ring is 1. The van der Waals surface area contributed by atoms with E-state index in [1.807, 2.05) is 30.3 Å². The molecule has 2 aromatic carbocycles. The summed E-state index contributed by atoms with van der Waals surface area (Å²) in [4.78, 5) is 18.1. The van der Waals surface area contributed by atoms with E-state index in [1.165, 1.54) is 4.90 Å². The summed E-state index contributed by atoms with van der Waals surface area (Å²) in [5.41, 5.74) is 6.75. The van der Waals surface area contributed by atoms with Crippen LogP contribution in [0.2, 0.25) is 0 Å². The van der Waals surface area contributed by atoms with Crippen LogP contribution in [-0.2, 0) is 4.74 Å². The molecule has 8 nitrogen and oxygen atoms in total. The monoisotopic (exact) mass is 377 g/mol. The molecule has 1 aliphatic rings. The smallest absolute Gasteiger partial charge is 0.414 e. The van der Waals surface area contributed by atoms with Gasteiger partial charge in [0.05, 0.1) is 12.9 Å². The molecule has 2 atom stereocenters. The third-order valence-corrected chi connectivity index (χ3v) is 4.46. The summed E-state index contributed by atoms with van der Waals surface area (Å²) >= 11 is 0. The Morgan fingerprint density at radius 1 is 1.21 bits per heavy atom. The SMILES string of the molecule is N=C(N)c1ccc(N2CC(C(Oc3ccccc3)n3ccnc3)OC2=O)cc1. The fourth-order valence-corrected chi connectivity index (χ4v) is 3.05. The van der Waals surface area contributed by atoms with E-state index in [0.29, 0.717) is 23.5 Å². The average molecular weight is 377 g/mol. The highest BCUT2D eigenvalue weighted by Crippen LogP contribution is 2.29. The van der Waals surface area contributed by atoms with Crippen molar-refractivity contribution < 1.29 is 14.3 Å². The number of cyclic esters (lactones) is 1. The fraction of sp³-hybridized carbons (Fsp3) is 0.150. The largest absolute Gasteiger partial charge is 0.466 e. The number of hydrogen-bond donors (Lipinski definition) is 2. The third kappa shape index (κ3) is 3.52. The second-order valence-electron chi connectivity index (χ2n) is 6.32. The molecule has 0 saturated carbocycles. The van der Waals surface area contributed by atoms with Gasteiger partial charge in [0.1, 0.15) is 11.6 Å². The molecule has 0 bridgehead atoms. The van der Waals surface area contributed by atoms with Gasteiger partial charge < -0.3 is 15.2 Å². The average Bonchev–Trinajstić information content (AvgIpc) is 3.37. The first-order valence-corrected chi connectivity index (χ1v) is 8.73. The highest BCUT2D eigenvalue weighted by atomic mass is 16.6. The number of nitrogens with one attached hydrogen (secondary N) is 1. The molecule has 0 radical (unpaired) electrons. The molecule has 1 aliphatic heterocycles. The van der Waals surface area contributed by atoms with Gasteiger partial charge in [0.25, 0.3) is 0 Å². The van der Waals surface area contributed by atoms with Gasteiger partial charge in [-0.05, 0) is 36.4 Å². The molecule has 3 N–H and O–H groups in total. The van der Waals surface area contributed by atoms with Gasteiger partial charge >= 0.3 is 6.09 Å². The zero-order valence-electron chi connectivity index (χ0n) is 14.9. The maximum Gasteiger partial charge on any atom is 0.414 e. The van der Waals surface area contributed by atoms with Crippen LogP contribution in [0.1, 0.15) is 11.8 Å². The zero-order valence-corrected chi connectivity index (χ0v) is 14.9. The Labute approximate surface area is 161 Å². The number of amidine groups is 1. The number of carbonyl (C=O) groups excluding carboxylic acids is 1. The summed E-state index contributed by atoms with van der Waals surface area (Å²) in [7, 11) is 0. The lowest BCUT2D eigenvalue weighted by molar-refractivity contribution is 0.00500. The molecule has 0 aliphatic carbocycles. The lowest BCUT2D eigenvalue weighted by Gasteiger charge is -2.24. The Kier molecular flexibility index (Phi) is 4.67. The van der Waals surface area contributed by atoms with Crippen LogP contribution >= 0.6 is 0 Å². The van der Waals surface area contributed by atoms with Crippen molar-refractivity contribution in [3.8, 4) is 5.75 Å². The quantitative estimate of drug-likeness (QED) is 0.507. The van der Waals surface area contributed by atoms with E-state index in [2.05, 4.69) is 4.98 Å². The van der Waals surface area contributed by atoms with Crippen molar-refractivity contribution in [1.82, 2.24) is 9.55 Å². The molecule has 1 amide bonds. The first-order valence-electron chi connectivity index (χ1n) is 8.73. The summed E-state index contributed by atoms with van der Waals surface area (Å²) in [6.45, 7) is 0.313. The van der Waals surface area contributed by atoms with Gasteiger partial charge in [-0.25, -0.2) is 9.78 Å². The molecular formula is C20H19N5O3. The second kappa shape index (κ2) is 7.43. The van der Waals surface area contributed by atoms with Crippen molar-refractivity contribution in [1.29, 1.82) is 5.41 Å².